The zero-order valence-corrected chi connectivity index (χ0v) is 52.6. The Labute approximate surface area is 511 Å². The molecule has 480 valence electrons. The van der Waals surface area contributed by atoms with E-state index in [1.165, 1.54) is 128 Å². The van der Waals surface area contributed by atoms with Gasteiger partial charge in [0.2, 0.25) is 17.7 Å². The molecule has 9 aliphatic carbocycles. The first-order chi connectivity index (χ1) is 41.8. The van der Waals surface area contributed by atoms with Crippen molar-refractivity contribution in [3.8, 4) is 0 Å². The summed E-state index contributed by atoms with van der Waals surface area (Å²) < 4.78 is 35.4. The number of piperidine rings is 3. The van der Waals surface area contributed by atoms with Crippen LogP contribution in [0.5, 0.6) is 0 Å². The average molecular weight is 1190 g/mol. The standard InChI is InChI=1S/2C23H38N2O3.C13H22N2O2.C10H16O2/c2*26-23-16-28-22-4-2-1-3-21(22)25(23)19-11-13-24(14-12-19)18-7-9-20(10-8-18)27-15-17-5-6-17;16-13-9-17-12-4-2-1-3-11(12)15(13)10-5-7-14-8-6-10;11-9-3-5-10(6-4-9)12-7-8-1-2-8/h2*17-22H,1-16H2;10-12,14H,1-9H2;8,10H,1-7H2/t2*18?,20?,21-,22-;11-,12-;/m000./s1. The Morgan fingerprint density at radius 1 is 0.341 bits per heavy atom. The van der Waals surface area contributed by atoms with Crippen LogP contribution in [0.2, 0.25) is 0 Å². The van der Waals surface area contributed by atoms with Gasteiger partial charge in [0.15, 0.2) is 0 Å². The third kappa shape index (κ3) is 17.6. The van der Waals surface area contributed by atoms with Gasteiger partial charge in [-0.1, -0.05) is 38.5 Å². The highest BCUT2D eigenvalue weighted by Gasteiger charge is 2.46. The Morgan fingerprint density at radius 2 is 0.659 bits per heavy atom. The minimum absolute atomic E-state index is 0.222. The fourth-order valence-corrected chi connectivity index (χ4v) is 17.6. The summed E-state index contributed by atoms with van der Waals surface area (Å²) in [6.45, 7) is 10.6. The third-order valence-corrected chi connectivity index (χ3v) is 23.3. The van der Waals surface area contributed by atoms with E-state index in [-0.39, 0.29) is 17.7 Å². The van der Waals surface area contributed by atoms with Crippen LogP contribution in [0, 0.1) is 17.8 Å². The van der Waals surface area contributed by atoms with Gasteiger partial charge in [-0.25, -0.2) is 0 Å². The highest BCUT2D eigenvalue weighted by Crippen LogP contribution is 2.39. The van der Waals surface area contributed by atoms with Gasteiger partial charge in [-0.15, -0.1) is 0 Å². The third-order valence-electron chi connectivity index (χ3n) is 23.3. The largest absolute Gasteiger partial charge is 0.378 e. The predicted molar refractivity (Wildman–Crippen MR) is 327 cm³/mol. The summed E-state index contributed by atoms with van der Waals surface area (Å²) in [6, 6.07) is 3.89. The lowest BCUT2D eigenvalue weighted by molar-refractivity contribution is -0.167. The molecule has 16 heteroatoms. The summed E-state index contributed by atoms with van der Waals surface area (Å²) in [5.74, 6) is 3.74. The van der Waals surface area contributed by atoms with E-state index < -0.39 is 0 Å². The molecule has 0 aromatic carbocycles. The van der Waals surface area contributed by atoms with Crippen molar-refractivity contribution in [1.82, 2.24) is 29.8 Å². The molecule has 0 aromatic rings. The number of Topliss-reactive ketones (excluding diaryl/α,β-unsaturated/α-hetero) is 1. The van der Waals surface area contributed by atoms with Gasteiger partial charge >= 0.3 is 0 Å². The van der Waals surface area contributed by atoms with Gasteiger partial charge in [-0.3, -0.25) is 19.2 Å². The molecule has 6 saturated heterocycles. The van der Waals surface area contributed by atoms with Crippen molar-refractivity contribution in [2.75, 3.05) is 78.9 Å². The molecule has 0 radical (unpaired) electrons. The number of amides is 3. The van der Waals surface area contributed by atoms with Crippen LogP contribution < -0.4 is 5.32 Å². The maximum Gasteiger partial charge on any atom is 0.249 e. The number of ketones is 1. The van der Waals surface area contributed by atoms with E-state index >= 15 is 0 Å². The first-order valence-corrected chi connectivity index (χ1v) is 36.1. The second kappa shape index (κ2) is 31.2. The van der Waals surface area contributed by atoms with Gasteiger partial charge in [-0.05, 0) is 211 Å². The molecule has 15 fully saturated rings. The summed E-state index contributed by atoms with van der Waals surface area (Å²) in [5.41, 5.74) is 0. The van der Waals surface area contributed by atoms with Gasteiger partial charge < -0.3 is 58.2 Å². The van der Waals surface area contributed by atoms with Crippen molar-refractivity contribution < 1.29 is 47.6 Å². The van der Waals surface area contributed by atoms with E-state index in [0.717, 1.165) is 192 Å². The fourth-order valence-electron chi connectivity index (χ4n) is 17.6. The van der Waals surface area contributed by atoms with Crippen molar-refractivity contribution in [3.05, 3.63) is 0 Å². The molecule has 1 N–H and O–H groups in total. The quantitative estimate of drug-likeness (QED) is 0.176. The van der Waals surface area contributed by atoms with E-state index in [1.54, 1.807) is 0 Å². The lowest BCUT2D eigenvalue weighted by Crippen LogP contribution is -2.61. The molecule has 0 unspecified atom stereocenters. The van der Waals surface area contributed by atoms with Crippen LogP contribution in [0.25, 0.3) is 0 Å². The predicted octanol–water partition coefficient (Wildman–Crippen LogP) is 9.55. The first-order valence-electron chi connectivity index (χ1n) is 36.1. The molecule has 16 nitrogen and oxygen atoms in total. The Bertz CT molecular complexity index is 1980. The molecule has 6 atom stereocenters. The number of fused-ring (bicyclic) bond motifs is 3. The second-order valence-corrected chi connectivity index (χ2v) is 29.5. The Hall–Kier alpha value is -2.28. The maximum absolute atomic E-state index is 12.7. The monoisotopic (exact) mass is 1190 g/mol. The number of ether oxygens (including phenoxy) is 6. The molecule has 15 aliphatic rings. The molecule has 6 heterocycles. The Morgan fingerprint density at radius 3 is 1.00 bits per heavy atom. The number of hydrogen-bond acceptors (Lipinski definition) is 13. The number of carbonyl (C=O) groups is 4. The van der Waals surface area contributed by atoms with Crippen molar-refractivity contribution in [2.45, 2.75) is 316 Å². The lowest BCUT2D eigenvalue weighted by atomic mass is 9.86. The molecule has 0 spiro atoms. The van der Waals surface area contributed by atoms with Gasteiger partial charge in [-0.2, -0.15) is 0 Å². The summed E-state index contributed by atoms with van der Waals surface area (Å²) in [7, 11) is 0. The van der Waals surface area contributed by atoms with E-state index in [0.29, 0.717) is 98.5 Å². The van der Waals surface area contributed by atoms with Gasteiger partial charge in [0.25, 0.3) is 0 Å². The van der Waals surface area contributed by atoms with Crippen LogP contribution in [0.4, 0.5) is 0 Å². The van der Waals surface area contributed by atoms with Crippen molar-refractivity contribution in [1.29, 1.82) is 0 Å². The SMILES string of the molecule is O=C1CCC(OCC2CC2)CC1.O=C1CO[C@H]2CCCC[C@@H]2N1C1CCN(C2CCC(OCC3CC3)CC2)CC1.O=C1CO[C@H]2CCCC[C@@H]2N1C1CCN(C2CCC(OCC3CC3)CC2)CC1.O=C1CO[C@H]2CCCC[C@@H]2N1C1CCNCC1. The zero-order chi connectivity index (χ0) is 57.9. The number of rotatable bonds is 14. The topological polar surface area (TPSA) is 152 Å². The smallest absolute Gasteiger partial charge is 0.249 e. The number of likely N-dealkylation sites (tertiary alicyclic amines) is 2. The number of morpholine rings is 3. The molecule has 85 heavy (non-hydrogen) atoms. The lowest BCUT2D eigenvalue weighted by Gasteiger charge is -2.50. The van der Waals surface area contributed by atoms with Crippen LogP contribution in [-0.4, -0.2) is 212 Å². The zero-order valence-electron chi connectivity index (χ0n) is 52.6. The summed E-state index contributed by atoms with van der Waals surface area (Å²) >= 11 is 0. The van der Waals surface area contributed by atoms with Crippen LogP contribution in [0.15, 0.2) is 0 Å². The molecule has 3 amide bonds. The van der Waals surface area contributed by atoms with Gasteiger partial charge in [0.05, 0.1) is 54.7 Å². The molecule has 15 rings (SSSR count). The first kappa shape index (κ1) is 62.9. The maximum atomic E-state index is 12.7. The molecule has 6 aliphatic heterocycles. The highest BCUT2D eigenvalue weighted by molar-refractivity contribution is 5.80. The molecule has 0 aromatic heterocycles. The van der Waals surface area contributed by atoms with Crippen LogP contribution in [0.1, 0.15) is 231 Å². The number of nitrogens with one attached hydrogen (secondary N) is 1. The summed E-state index contributed by atoms with van der Waals surface area (Å²) in [5, 5.41) is 3.37. The molecular weight excluding hydrogens is 1070 g/mol. The second-order valence-electron chi connectivity index (χ2n) is 29.5. The van der Waals surface area contributed by atoms with Crippen LogP contribution in [-0.2, 0) is 47.6 Å². The van der Waals surface area contributed by atoms with Crippen molar-refractivity contribution in [2.24, 2.45) is 17.8 Å². The summed E-state index contributed by atoms with van der Waals surface area (Å²) in [6.07, 6.45) is 45.3. The number of nitrogens with zero attached hydrogens (tertiary/aromatic N) is 5. The van der Waals surface area contributed by atoms with Crippen molar-refractivity contribution >= 4 is 23.5 Å². The summed E-state index contributed by atoms with van der Waals surface area (Å²) in [4.78, 5) is 60.5. The van der Waals surface area contributed by atoms with Gasteiger partial charge in [0.1, 0.15) is 25.6 Å². The normalized spacial score (nSPS) is 36.2. The number of carbonyl (C=O) groups excluding carboxylic acids is 4. The van der Waals surface area contributed by atoms with E-state index in [9.17, 15) is 19.2 Å². The minimum atomic E-state index is 0.222. The highest BCUT2D eigenvalue weighted by atomic mass is 16.5. The average Bonchev–Trinajstić information content (AvgIpc) is 4.24. The van der Waals surface area contributed by atoms with E-state index in [2.05, 4.69) is 29.8 Å². The van der Waals surface area contributed by atoms with E-state index in [1.807, 2.05) is 0 Å². The van der Waals surface area contributed by atoms with Crippen molar-refractivity contribution in [3.63, 3.8) is 0 Å². The Balaban J connectivity index is 0.000000117. The fraction of sp³-hybridized carbons (Fsp3) is 0.942. The molecule has 9 saturated carbocycles. The minimum Gasteiger partial charge on any atom is -0.378 e. The van der Waals surface area contributed by atoms with E-state index in [4.69, 9.17) is 28.4 Å². The van der Waals surface area contributed by atoms with Gasteiger partial charge in [0, 0.05) is 89.1 Å². The molecular formula is C69H114N6O10. The Kier molecular flexibility index (Phi) is 23.1. The van der Waals surface area contributed by atoms with Crippen LogP contribution in [0.3, 0.4) is 0 Å². The molecule has 0 bridgehead atoms. The number of hydrogen-bond donors (Lipinski definition) is 1. The van der Waals surface area contributed by atoms with Crippen LogP contribution >= 0.6 is 0 Å².